The fraction of sp³-hybridized carbons (Fsp3) is 0.250. The molecule has 202 valence electrons. The molecule has 11 heteroatoms. The molecule has 0 spiro atoms. The van der Waals surface area contributed by atoms with Crippen LogP contribution in [0.25, 0.3) is 5.70 Å². The Labute approximate surface area is 227 Å². The van der Waals surface area contributed by atoms with E-state index in [1.165, 1.54) is 29.2 Å². The third kappa shape index (κ3) is 5.14. The van der Waals surface area contributed by atoms with Crippen molar-refractivity contribution in [3.8, 4) is 0 Å². The lowest BCUT2D eigenvalue weighted by atomic mass is 9.88. The molecule has 2 heterocycles. The van der Waals surface area contributed by atoms with E-state index in [0.717, 1.165) is 29.0 Å². The predicted octanol–water partition coefficient (Wildman–Crippen LogP) is 5.39. The van der Waals surface area contributed by atoms with Crippen LogP contribution in [0.2, 0.25) is 5.02 Å². The van der Waals surface area contributed by atoms with Gasteiger partial charge in [0.1, 0.15) is 5.82 Å². The van der Waals surface area contributed by atoms with Gasteiger partial charge < -0.3 is 10.6 Å². The summed E-state index contributed by atoms with van der Waals surface area (Å²) in [6.07, 6.45) is -2.74. The summed E-state index contributed by atoms with van der Waals surface area (Å²) in [6.45, 7) is 3.82. The molecule has 5 rings (SSSR count). The number of nitrogens with one attached hydrogen (secondary N) is 1. The molecule has 2 aliphatic rings. The Hall–Kier alpha value is -3.76. The molecule has 0 saturated heterocycles. The van der Waals surface area contributed by atoms with Crippen LogP contribution in [0, 0.1) is 5.82 Å². The maximum Gasteiger partial charge on any atom is 0.417 e. The molecule has 0 bridgehead atoms. The van der Waals surface area contributed by atoms with Crippen molar-refractivity contribution in [1.82, 2.24) is 15.3 Å². The number of hydrogen-bond donors (Lipinski definition) is 2. The van der Waals surface area contributed by atoms with Crippen molar-refractivity contribution >= 4 is 28.9 Å². The van der Waals surface area contributed by atoms with E-state index in [4.69, 9.17) is 17.3 Å². The summed E-state index contributed by atoms with van der Waals surface area (Å²) < 4.78 is 53.9. The lowest BCUT2D eigenvalue weighted by Gasteiger charge is -2.29. The second-order valence-corrected chi connectivity index (χ2v) is 10.0. The molecule has 0 unspecified atom stereocenters. The largest absolute Gasteiger partial charge is 0.417 e. The number of fused-ring (bicyclic) bond motifs is 1. The first kappa shape index (κ1) is 26.8. The lowest BCUT2D eigenvalue weighted by Crippen LogP contribution is -2.39. The second-order valence-electron chi connectivity index (χ2n) is 9.59. The highest BCUT2D eigenvalue weighted by atomic mass is 35.5. The van der Waals surface area contributed by atoms with E-state index in [1.807, 2.05) is 18.2 Å². The van der Waals surface area contributed by atoms with Gasteiger partial charge >= 0.3 is 6.18 Å². The number of hydrogen-bond acceptors (Lipinski definition) is 5. The zero-order chi connectivity index (χ0) is 27.9. The summed E-state index contributed by atoms with van der Waals surface area (Å²) >= 11 is 6.27. The molecule has 3 N–H and O–H groups in total. The van der Waals surface area contributed by atoms with Gasteiger partial charge in [-0.1, -0.05) is 36.4 Å². The van der Waals surface area contributed by atoms with Crippen molar-refractivity contribution in [2.24, 2.45) is 10.8 Å². The van der Waals surface area contributed by atoms with Gasteiger partial charge in [0.15, 0.2) is 0 Å². The SMILES string of the molecule is C=C1NN=C(CN)c2cc(C3(C(=O)N(Cc4ccc(C(F)(F)F)cn4)Cc4c(F)cccc4Cl)CC3)ccc21. The Kier molecular flexibility index (Phi) is 6.94. The molecular formula is C28H24ClF4N5O. The van der Waals surface area contributed by atoms with Crippen molar-refractivity contribution in [3.63, 3.8) is 0 Å². The summed E-state index contributed by atoms with van der Waals surface area (Å²) in [6, 6.07) is 11.9. The number of amides is 1. The molecule has 2 aromatic carbocycles. The number of nitrogens with two attached hydrogens (primary N) is 1. The molecule has 1 amide bonds. The molecule has 6 nitrogen and oxygen atoms in total. The highest BCUT2D eigenvalue weighted by Gasteiger charge is 2.53. The zero-order valence-corrected chi connectivity index (χ0v) is 21.4. The molecule has 1 fully saturated rings. The van der Waals surface area contributed by atoms with Crippen LogP contribution >= 0.6 is 11.6 Å². The number of alkyl halides is 3. The number of nitrogens with zero attached hydrogens (tertiary/aromatic N) is 3. The van der Waals surface area contributed by atoms with Gasteiger partial charge in [0.2, 0.25) is 5.91 Å². The molecular weight excluding hydrogens is 534 g/mol. The number of pyridine rings is 1. The van der Waals surface area contributed by atoms with Crippen molar-refractivity contribution in [1.29, 1.82) is 0 Å². The molecule has 1 aliphatic carbocycles. The van der Waals surface area contributed by atoms with Gasteiger partial charge in [0.25, 0.3) is 0 Å². The van der Waals surface area contributed by atoms with Crippen LogP contribution in [0.15, 0.2) is 66.4 Å². The molecule has 3 aromatic rings. The number of rotatable bonds is 7. The zero-order valence-electron chi connectivity index (χ0n) is 20.7. The van der Waals surface area contributed by atoms with Crippen molar-refractivity contribution in [2.75, 3.05) is 6.54 Å². The quantitative estimate of drug-likeness (QED) is 0.382. The van der Waals surface area contributed by atoms with E-state index in [1.54, 1.807) is 0 Å². The Morgan fingerprint density at radius 2 is 1.90 bits per heavy atom. The monoisotopic (exact) mass is 557 g/mol. The Balaban J connectivity index is 1.51. The summed E-state index contributed by atoms with van der Waals surface area (Å²) in [5.41, 5.74) is 10.8. The average Bonchev–Trinajstić information content (AvgIpc) is 3.72. The van der Waals surface area contributed by atoms with Crippen LogP contribution in [0.4, 0.5) is 17.6 Å². The number of halogens is 5. The first-order chi connectivity index (χ1) is 18.5. The number of benzene rings is 2. The minimum atomic E-state index is -4.54. The normalized spacial score (nSPS) is 15.7. The third-order valence-corrected chi connectivity index (χ3v) is 7.44. The van der Waals surface area contributed by atoms with Crippen LogP contribution in [0.5, 0.6) is 0 Å². The maximum absolute atomic E-state index is 14.7. The van der Waals surface area contributed by atoms with Gasteiger partial charge in [-0.3, -0.25) is 15.2 Å². The topological polar surface area (TPSA) is 83.6 Å². The predicted molar refractivity (Wildman–Crippen MR) is 140 cm³/mol. The number of aromatic nitrogens is 1. The van der Waals surface area contributed by atoms with Crippen molar-refractivity contribution < 1.29 is 22.4 Å². The lowest BCUT2D eigenvalue weighted by molar-refractivity contribution is -0.138. The van der Waals surface area contributed by atoms with Crippen LogP contribution in [-0.4, -0.2) is 28.0 Å². The van der Waals surface area contributed by atoms with E-state index >= 15 is 0 Å². The molecule has 0 radical (unpaired) electrons. The summed E-state index contributed by atoms with van der Waals surface area (Å²) in [4.78, 5) is 19.5. The van der Waals surface area contributed by atoms with Gasteiger partial charge in [-0.25, -0.2) is 4.39 Å². The highest BCUT2D eigenvalue weighted by Crippen LogP contribution is 2.51. The van der Waals surface area contributed by atoms with Crippen LogP contribution < -0.4 is 11.2 Å². The first-order valence-corrected chi connectivity index (χ1v) is 12.5. The van der Waals surface area contributed by atoms with Crippen molar-refractivity contribution in [3.05, 3.63) is 106 Å². The third-order valence-electron chi connectivity index (χ3n) is 7.09. The Morgan fingerprint density at radius 3 is 2.51 bits per heavy atom. The van der Waals surface area contributed by atoms with Crippen LogP contribution in [-0.2, 0) is 29.5 Å². The number of hydrazone groups is 1. The first-order valence-electron chi connectivity index (χ1n) is 12.1. The standard InChI is InChI=1S/C28H24ClF4N5O/c1-16-20-8-6-17(11-21(20)25(12-34)37-36-16)27(9-10-27)26(39)38(15-22-23(29)3-2-4-24(22)30)14-19-7-5-18(13-35-19)28(31,32)33/h2-8,11,13,36H,1,9-10,12,14-15,34H2. The Morgan fingerprint density at radius 1 is 1.13 bits per heavy atom. The molecule has 0 atom stereocenters. The van der Waals surface area contributed by atoms with Gasteiger partial charge in [0, 0.05) is 34.5 Å². The van der Waals surface area contributed by atoms with E-state index in [2.05, 4.69) is 22.1 Å². The summed E-state index contributed by atoms with van der Waals surface area (Å²) in [5, 5.41) is 4.39. The highest BCUT2D eigenvalue weighted by molar-refractivity contribution is 6.31. The summed E-state index contributed by atoms with van der Waals surface area (Å²) in [5.74, 6) is -0.892. The van der Waals surface area contributed by atoms with Crippen LogP contribution in [0.3, 0.4) is 0 Å². The molecule has 1 saturated carbocycles. The minimum Gasteiger partial charge on any atom is -0.332 e. The number of carbonyl (C=O) groups is 1. The second kappa shape index (κ2) is 10.1. The van der Waals surface area contributed by atoms with E-state index in [9.17, 15) is 22.4 Å². The average molecular weight is 558 g/mol. The van der Waals surface area contributed by atoms with Crippen molar-refractivity contribution in [2.45, 2.75) is 37.5 Å². The van der Waals surface area contributed by atoms with Gasteiger partial charge in [-0.2, -0.15) is 18.3 Å². The summed E-state index contributed by atoms with van der Waals surface area (Å²) in [7, 11) is 0. The van der Waals surface area contributed by atoms with E-state index in [0.29, 0.717) is 24.3 Å². The molecule has 1 aliphatic heterocycles. The minimum absolute atomic E-state index is 0.112. The van der Waals surface area contributed by atoms with E-state index in [-0.39, 0.29) is 41.8 Å². The van der Waals surface area contributed by atoms with Gasteiger partial charge in [0.05, 0.1) is 41.2 Å². The number of carbonyl (C=O) groups excluding carboxylic acids is 1. The fourth-order valence-electron chi connectivity index (χ4n) is 4.76. The van der Waals surface area contributed by atoms with Gasteiger partial charge in [-0.15, -0.1) is 0 Å². The molecule has 1 aromatic heterocycles. The van der Waals surface area contributed by atoms with E-state index < -0.39 is 23.0 Å². The molecule has 39 heavy (non-hydrogen) atoms. The fourth-order valence-corrected chi connectivity index (χ4v) is 4.99. The van der Waals surface area contributed by atoms with Crippen LogP contribution in [0.1, 0.15) is 46.4 Å². The van der Waals surface area contributed by atoms with Gasteiger partial charge in [-0.05, 0) is 48.7 Å². The maximum atomic E-state index is 14.7. The smallest absolute Gasteiger partial charge is 0.332 e. The Bertz CT molecular complexity index is 1460.